The molecule has 0 saturated carbocycles. The monoisotopic (exact) mass is 362 g/mol. The van der Waals surface area contributed by atoms with Gasteiger partial charge in [0.2, 0.25) is 0 Å². The molecule has 132 valence electrons. The highest BCUT2D eigenvalue weighted by molar-refractivity contribution is 7.95. The molecule has 0 radical (unpaired) electrons. The largest absolute Gasteiger partial charge is 0.396 e. The topological polar surface area (TPSA) is 37.3 Å². The van der Waals surface area contributed by atoms with Crippen LogP contribution in [0.2, 0.25) is 0 Å². The first-order valence-corrected chi connectivity index (χ1v) is 10.7. The van der Waals surface area contributed by atoms with E-state index in [1.54, 1.807) is 0 Å². The molecule has 0 saturated heterocycles. The van der Waals surface area contributed by atoms with E-state index in [0.29, 0.717) is 12.8 Å². The SMILES string of the molecule is O=C(C=P(c1ccccc1)(c1ccccc1)c1ccccc1)CCCO. The highest BCUT2D eigenvalue weighted by Crippen LogP contribution is 2.43. The van der Waals surface area contributed by atoms with Gasteiger partial charge < -0.3 is 5.11 Å². The van der Waals surface area contributed by atoms with Crippen LogP contribution in [0.25, 0.3) is 0 Å². The molecule has 0 amide bonds. The average molecular weight is 362 g/mol. The fourth-order valence-electron chi connectivity index (χ4n) is 3.19. The van der Waals surface area contributed by atoms with Crippen molar-refractivity contribution in [3.05, 3.63) is 91.0 Å². The number of aliphatic hydroxyl groups excluding tert-OH is 1. The molecule has 0 spiro atoms. The first kappa shape index (κ1) is 18.4. The number of benzene rings is 3. The number of aliphatic hydroxyl groups is 1. The van der Waals surface area contributed by atoms with Gasteiger partial charge in [-0.3, -0.25) is 4.79 Å². The van der Waals surface area contributed by atoms with E-state index in [-0.39, 0.29) is 12.4 Å². The Labute approximate surface area is 155 Å². The smallest absolute Gasteiger partial charge is 0.156 e. The van der Waals surface area contributed by atoms with Gasteiger partial charge in [-0.15, -0.1) is 0 Å². The number of hydrogen-bond donors (Lipinski definition) is 1. The maximum Gasteiger partial charge on any atom is 0.156 e. The summed E-state index contributed by atoms with van der Waals surface area (Å²) in [6, 6.07) is 30.9. The van der Waals surface area contributed by atoms with Crippen LogP contribution >= 0.6 is 6.89 Å². The van der Waals surface area contributed by atoms with Crippen molar-refractivity contribution in [1.82, 2.24) is 0 Å². The second-order valence-corrected chi connectivity index (χ2v) is 9.40. The summed E-state index contributed by atoms with van der Waals surface area (Å²) in [5.41, 5.74) is 0. The summed E-state index contributed by atoms with van der Waals surface area (Å²) in [5.74, 6) is 2.02. The Balaban J connectivity index is 2.32. The van der Waals surface area contributed by atoms with Crippen LogP contribution in [0.5, 0.6) is 0 Å². The van der Waals surface area contributed by atoms with Crippen molar-refractivity contribution in [1.29, 1.82) is 0 Å². The van der Waals surface area contributed by atoms with Crippen molar-refractivity contribution >= 4 is 34.4 Å². The summed E-state index contributed by atoms with van der Waals surface area (Å²) in [6.45, 7) is -2.17. The van der Waals surface area contributed by atoms with Crippen LogP contribution in [-0.2, 0) is 4.79 Å². The maximum atomic E-state index is 12.8. The lowest BCUT2D eigenvalue weighted by Crippen LogP contribution is -2.28. The third-order valence-electron chi connectivity index (χ3n) is 4.41. The minimum Gasteiger partial charge on any atom is -0.396 e. The highest BCUT2D eigenvalue weighted by atomic mass is 31.2. The van der Waals surface area contributed by atoms with Gasteiger partial charge in [-0.25, -0.2) is 0 Å². The number of Topliss-reactive ketones (excluding diaryl/α,β-unsaturated/α-hetero) is 1. The lowest BCUT2D eigenvalue weighted by molar-refractivity contribution is -0.112. The third kappa shape index (κ3) is 3.88. The summed E-state index contributed by atoms with van der Waals surface area (Å²) < 4.78 is 0. The molecule has 0 atom stereocenters. The van der Waals surface area contributed by atoms with Gasteiger partial charge in [0.15, 0.2) is 5.78 Å². The summed E-state index contributed by atoms with van der Waals surface area (Å²) >= 11 is 0. The molecule has 0 aliphatic heterocycles. The van der Waals surface area contributed by atoms with Crippen LogP contribution in [0.3, 0.4) is 0 Å². The molecular formula is C23H23O2P. The van der Waals surface area contributed by atoms with E-state index in [2.05, 4.69) is 36.4 Å². The Hall–Kier alpha value is -2.41. The van der Waals surface area contributed by atoms with E-state index in [1.165, 1.54) is 0 Å². The van der Waals surface area contributed by atoms with Gasteiger partial charge in [0, 0.05) is 13.0 Å². The van der Waals surface area contributed by atoms with Crippen LogP contribution in [-0.4, -0.2) is 23.3 Å². The van der Waals surface area contributed by atoms with Crippen LogP contribution in [0, 0.1) is 0 Å². The van der Waals surface area contributed by atoms with Crippen molar-refractivity contribution in [3.8, 4) is 0 Å². The van der Waals surface area contributed by atoms with Crippen LogP contribution in [0.1, 0.15) is 12.8 Å². The summed E-state index contributed by atoms with van der Waals surface area (Å²) in [6.07, 6.45) is 0.860. The standard InChI is InChI=1S/C23H23O2P/c24-18-10-11-20(25)19-26(21-12-4-1-5-13-21,22-14-6-2-7-15-22)23-16-8-3-9-17-23/h1-9,12-17,19,24H,10-11,18H2. The predicted octanol–water partition coefficient (Wildman–Crippen LogP) is 3.12. The van der Waals surface area contributed by atoms with E-state index in [0.717, 1.165) is 15.9 Å². The average Bonchev–Trinajstić information content (AvgIpc) is 2.72. The van der Waals surface area contributed by atoms with Gasteiger partial charge in [-0.1, -0.05) is 91.0 Å². The molecule has 0 unspecified atom stereocenters. The fraction of sp³-hybridized carbons (Fsp3) is 0.130. The van der Waals surface area contributed by atoms with Crippen LogP contribution in [0.4, 0.5) is 0 Å². The Kier molecular flexibility index (Phi) is 6.22. The zero-order valence-electron chi connectivity index (χ0n) is 14.7. The highest BCUT2D eigenvalue weighted by Gasteiger charge is 2.25. The van der Waals surface area contributed by atoms with Crippen molar-refractivity contribution in [2.75, 3.05) is 6.61 Å². The molecular weight excluding hydrogens is 339 g/mol. The van der Waals surface area contributed by atoms with E-state index in [1.807, 2.05) is 60.4 Å². The molecule has 0 aliphatic carbocycles. The summed E-state index contributed by atoms with van der Waals surface area (Å²) in [7, 11) is 0. The van der Waals surface area contributed by atoms with Crippen molar-refractivity contribution in [2.24, 2.45) is 0 Å². The predicted molar refractivity (Wildman–Crippen MR) is 113 cm³/mol. The number of rotatable bonds is 7. The minimum atomic E-state index is -2.21. The Bertz CT molecular complexity index is 784. The quantitative estimate of drug-likeness (QED) is 0.656. The molecule has 0 bridgehead atoms. The maximum absolute atomic E-state index is 12.8. The van der Waals surface area contributed by atoms with E-state index in [9.17, 15) is 4.79 Å². The van der Waals surface area contributed by atoms with Crippen LogP contribution < -0.4 is 15.9 Å². The number of carbonyl (C=O) groups excluding carboxylic acids is 1. The Morgan fingerprint density at radius 1 is 0.731 bits per heavy atom. The lowest BCUT2D eigenvalue weighted by atomic mass is 10.2. The molecule has 0 aliphatic rings. The molecule has 3 aromatic carbocycles. The Morgan fingerprint density at radius 2 is 1.12 bits per heavy atom. The van der Waals surface area contributed by atoms with Gasteiger partial charge in [0.1, 0.15) is 0 Å². The summed E-state index contributed by atoms with van der Waals surface area (Å²) in [5, 5.41) is 12.6. The first-order chi connectivity index (χ1) is 12.8. The second kappa shape index (κ2) is 8.80. The lowest BCUT2D eigenvalue weighted by Gasteiger charge is -2.28. The molecule has 0 aromatic heterocycles. The molecule has 3 aromatic rings. The van der Waals surface area contributed by atoms with Gasteiger partial charge in [0.25, 0.3) is 0 Å². The summed E-state index contributed by atoms with van der Waals surface area (Å²) in [4.78, 5) is 12.8. The minimum absolute atomic E-state index is 0.0348. The molecule has 26 heavy (non-hydrogen) atoms. The van der Waals surface area contributed by atoms with Gasteiger partial charge in [0.05, 0.1) is 0 Å². The van der Waals surface area contributed by atoms with Crippen molar-refractivity contribution < 1.29 is 9.90 Å². The van der Waals surface area contributed by atoms with E-state index < -0.39 is 6.89 Å². The molecule has 3 rings (SSSR count). The van der Waals surface area contributed by atoms with Crippen molar-refractivity contribution in [2.45, 2.75) is 12.8 Å². The van der Waals surface area contributed by atoms with Gasteiger partial charge in [-0.05, 0) is 35.0 Å². The number of ketones is 1. The zero-order valence-corrected chi connectivity index (χ0v) is 15.6. The fourth-order valence-corrected chi connectivity index (χ4v) is 7.02. The van der Waals surface area contributed by atoms with Crippen LogP contribution in [0.15, 0.2) is 91.0 Å². The second-order valence-electron chi connectivity index (χ2n) is 6.15. The van der Waals surface area contributed by atoms with E-state index in [4.69, 9.17) is 5.11 Å². The van der Waals surface area contributed by atoms with E-state index >= 15 is 0 Å². The van der Waals surface area contributed by atoms with Gasteiger partial charge in [-0.2, -0.15) is 0 Å². The zero-order chi connectivity index (χ0) is 18.2. The molecule has 3 heteroatoms. The molecule has 0 heterocycles. The number of carbonyl (C=O) groups is 1. The van der Waals surface area contributed by atoms with Gasteiger partial charge >= 0.3 is 0 Å². The molecule has 1 N–H and O–H groups in total. The molecule has 2 nitrogen and oxygen atoms in total. The van der Waals surface area contributed by atoms with Crippen molar-refractivity contribution in [3.63, 3.8) is 0 Å². The Morgan fingerprint density at radius 3 is 1.46 bits per heavy atom. The first-order valence-electron chi connectivity index (χ1n) is 8.82. The molecule has 0 fully saturated rings. The normalized spacial score (nSPS) is 11.1. The third-order valence-corrected chi connectivity index (χ3v) is 8.42. The number of hydrogen-bond acceptors (Lipinski definition) is 2.